The van der Waals surface area contributed by atoms with Crippen molar-refractivity contribution in [1.29, 1.82) is 0 Å². The Morgan fingerprint density at radius 2 is 2.11 bits per heavy atom. The van der Waals surface area contributed by atoms with Gasteiger partial charge in [-0.25, -0.2) is 9.97 Å². The molecule has 0 atom stereocenters. The number of methoxy groups -OCH3 is 1. The van der Waals surface area contributed by atoms with Gasteiger partial charge in [0.05, 0.1) is 30.6 Å². The minimum Gasteiger partial charge on any atom is -0.497 e. The van der Waals surface area contributed by atoms with Crippen LogP contribution < -0.4 is 10.3 Å². The van der Waals surface area contributed by atoms with Crippen LogP contribution in [0.4, 0.5) is 0 Å². The molecule has 0 aliphatic carbocycles. The second-order valence-corrected chi connectivity index (χ2v) is 8.05. The minimum absolute atomic E-state index is 0.0212. The van der Waals surface area contributed by atoms with Gasteiger partial charge < -0.3 is 9.72 Å². The summed E-state index contributed by atoms with van der Waals surface area (Å²) in [4.78, 5) is 26.8. The van der Waals surface area contributed by atoms with E-state index in [1.807, 2.05) is 30.5 Å². The molecule has 140 valence electrons. The maximum atomic E-state index is 12.3. The zero-order valence-corrected chi connectivity index (χ0v) is 16.8. The molecule has 1 aromatic carbocycles. The van der Waals surface area contributed by atoms with Crippen molar-refractivity contribution < 1.29 is 4.74 Å². The highest BCUT2D eigenvalue weighted by atomic mass is 32.2. The molecule has 4 rings (SSSR count). The summed E-state index contributed by atoms with van der Waals surface area (Å²) in [5, 5.41) is 3.82. The summed E-state index contributed by atoms with van der Waals surface area (Å²) in [6.07, 6.45) is 2.71. The lowest BCUT2D eigenvalue weighted by Crippen LogP contribution is -2.35. The number of hydrogen-bond acceptors (Lipinski definition) is 7. The van der Waals surface area contributed by atoms with E-state index in [-0.39, 0.29) is 5.56 Å². The number of ether oxygens (including phenoxy) is 1. The summed E-state index contributed by atoms with van der Waals surface area (Å²) in [7, 11) is 1.66. The van der Waals surface area contributed by atoms with E-state index in [1.54, 1.807) is 18.4 Å². The predicted molar refractivity (Wildman–Crippen MR) is 109 cm³/mol. The van der Waals surface area contributed by atoms with Crippen LogP contribution in [0, 0.1) is 0 Å². The Hall–Kier alpha value is -2.16. The Morgan fingerprint density at radius 1 is 1.30 bits per heavy atom. The van der Waals surface area contributed by atoms with Crippen LogP contribution in [0.5, 0.6) is 5.75 Å². The van der Waals surface area contributed by atoms with Gasteiger partial charge >= 0.3 is 0 Å². The van der Waals surface area contributed by atoms with E-state index >= 15 is 0 Å². The summed E-state index contributed by atoms with van der Waals surface area (Å²) < 4.78 is 5.20. The molecule has 8 heteroatoms. The van der Waals surface area contributed by atoms with Crippen molar-refractivity contribution in [3.63, 3.8) is 0 Å². The third-order valence-electron chi connectivity index (χ3n) is 4.62. The molecule has 2 aromatic heterocycles. The lowest BCUT2D eigenvalue weighted by molar-refractivity contribution is 0.240. The van der Waals surface area contributed by atoms with E-state index in [4.69, 9.17) is 9.72 Å². The number of nitrogens with zero attached hydrogens (tertiary/aromatic N) is 3. The Kier molecular flexibility index (Phi) is 5.29. The number of thioether (sulfide) groups is 1. The molecule has 1 aliphatic heterocycles. The second-order valence-electron chi connectivity index (χ2n) is 6.32. The molecule has 0 saturated carbocycles. The summed E-state index contributed by atoms with van der Waals surface area (Å²) in [6, 6.07) is 7.92. The average molecular weight is 401 g/mol. The molecule has 0 radical (unpaired) electrons. The van der Waals surface area contributed by atoms with Gasteiger partial charge in [0.1, 0.15) is 10.8 Å². The molecule has 3 aromatic rings. The van der Waals surface area contributed by atoms with Gasteiger partial charge in [0.25, 0.3) is 5.56 Å². The molecule has 0 amide bonds. The third kappa shape index (κ3) is 3.92. The summed E-state index contributed by atoms with van der Waals surface area (Å²) in [6.45, 7) is 2.24. The summed E-state index contributed by atoms with van der Waals surface area (Å²) in [5.41, 5.74) is 3.74. The van der Waals surface area contributed by atoms with Crippen LogP contribution in [0.3, 0.4) is 0 Å². The number of thiazole rings is 1. The molecular formula is C19H20N4O2S2. The lowest BCUT2D eigenvalue weighted by Gasteiger charge is -2.26. The van der Waals surface area contributed by atoms with Gasteiger partial charge in [-0.3, -0.25) is 9.69 Å². The van der Waals surface area contributed by atoms with E-state index in [1.165, 1.54) is 11.8 Å². The number of aromatic nitrogens is 3. The van der Waals surface area contributed by atoms with E-state index in [9.17, 15) is 4.79 Å². The van der Waals surface area contributed by atoms with Crippen LogP contribution in [0.25, 0.3) is 11.3 Å². The van der Waals surface area contributed by atoms with Crippen molar-refractivity contribution in [3.05, 3.63) is 56.3 Å². The molecule has 6 nitrogen and oxygen atoms in total. The number of benzene rings is 1. The van der Waals surface area contributed by atoms with Gasteiger partial charge in [-0.2, -0.15) is 0 Å². The van der Waals surface area contributed by atoms with Crippen molar-refractivity contribution in [3.8, 4) is 17.0 Å². The van der Waals surface area contributed by atoms with Crippen molar-refractivity contribution in [2.75, 3.05) is 19.9 Å². The largest absolute Gasteiger partial charge is 0.497 e. The minimum atomic E-state index is -0.0212. The zero-order valence-electron chi connectivity index (χ0n) is 15.2. The van der Waals surface area contributed by atoms with Crippen molar-refractivity contribution in [2.24, 2.45) is 0 Å². The number of nitrogens with one attached hydrogen (secondary N) is 1. The van der Waals surface area contributed by atoms with E-state index in [0.717, 1.165) is 52.8 Å². The van der Waals surface area contributed by atoms with Crippen LogP contribution in [-0.2, 0) is 19.5 Å². The Morgan fingerprint density at radius 3 is 2.85 bits per heavy atom. The first kappa shape index (κ1) is 18.2. The molecular weight excluding hydrogens is 380 g/mol. The van der Waals surface area contributed by atoms with Gasteiger partial charge in [-0.1, -0.05) is 11.8 Å². The highest BCUT2D eigenvalue weighted by molar-refractivity contribution is 7.98. The summed E-state index contributed by atoms with van der Waals surface area (Å²) >= 11 is 3.12. The maximum absolute atomic E-state index is 12.3. The monoisotopic (exact) mass is 400 g/mol. The second kappa shape index (κ2) is 7.84. The molecule has 1 aliphatic rings. The number of rotatable bonds is 5. The smallest absolute Gasteiger partial charge is 0.256 e. The number of hydrogen-bond donors (Lipinski definition) is 1. The van der Waals surface area contributed by atoms with Crippen LogP contribution in [0.1, 0.15) is 16.3 Å². The number of aromatic amines is 1. The summed E-state index contributed by atoms with van der Waals surface area (Å²) in [5.74, 6) is 0.838. The molecule has 1 N–H and O–H groups in total. The standard InChI is InChI=1S/C19H20N4O2S2/c1-25-13-5-3-12(4-6-13)16-11-27-17(20-16)10-23-8-7-15-14(9-23)18(24)22-19(21-15)26-2/h3-6,11H,7-10H2,1-2H3,(H,21,22,24). The van der Waals surface area contributed by atoms with Gasteiger partial charge in [0.15, 0.2) is 5.16 Å². The number of H-pyrrole nitrogens is 1. The highest BCUT2D eigenvalue weighted by Crippen LogP contribution is 2.26. The lowest BCUT2D eigenvalue weighted by atomic mass is 10.1. The fraction of sp³-hybridized carbons (Fsp3) is 0.316. The van der Waals surface area contributed by atoms with Gasteiger partial charge in [-0.15, -0.1) is 11.3 Å². The molecule has 27 heavy (non-hydrogen) atoms. The van der Waals surface area contributed by atoms with Gasteiger partial charge in [0.2, 0.25) is 0 Å². The van der Waals surface area contributed by atoms with Crippen LogP contribution >= 0.6 is 23.1 Å². The molecule has 3 heterocycles. The highest BCUT2D eigenvalue weighted by Gasteiger charge is 2.22. The molecule has 0 saturated heterocycles. The first-order valence-electron chi connectivity index (χ1n) is 8.63. The van der Waals surface area contributed by atoms with Gasteiger partial charge in [0, 0.05) is 30.5 Å². The Bertz CT molecular complexity index is 998. The first-order valence-corrected chi connectivity index (χ1v) is 10.7. The quantitative estimate of drug-likeness (QED) is 0.524. The Labute approximate surface area is 165 Å². The Balaban J connectivity index is 1.47. The van der Waals surface area contributed by atoms with Crippen molar-refractivity contribution >= 4 is 23.1 Å². The van der Waals surface area contributed by atoms with Crippen molar-refractivity contribution in [2.45, 2.75) is 24.7 Å². The third-order valence-corrected chi connectivity index (χ3v) is 6.03. The van der Waals surface area contributed by atoms with Crippen LogP contribution in [-0.4, -0.2) is 39.8 Å². The van der Waals surface area contributed by atoms with Crippen LogP contribution in [0.2, 0.25) is 0 Å². The first-order chi connectivity index (χ1) is 13.2. The van der Waals surface area contributed by atoms with E-state index in [2.05, 4.69) is 20.2 Å². The molecule has 0 unspecified atom stereocenters. The maximum Gasteiger partial charge on any atom is 0.256 e. The normalized spacial score (nSPS) is 14.1. The van der Waals surface area contributed by atoms with Crippen molar-refractivity contribution in [1.82, 2.24) is 19.9 Å². The predicted octanol–water partition coefficient (Wildman–Crippen LogP) is 3.18. The van der Waals surface area contributed by atoms with Gasteiger partial charge in [-0.05, 0) is 30.5 Å². The molecule has 0 bridgehead atoms. The topological polar surface area (TPSA) is 71.1 Å². The van der Waals surface area contributed by atoms with Crippen LogP contribution in [0.15, 0.2) is 39.6 Å². The fourth-order valence-electron chi connectivity index (χ4n) is 3.16. The zero-order chi connectivity index (χ0) is 18.8. The fourth-order valence-corrected chi connectivity index (χ4v) is 4.40. The molecule has 0 fully saturated rings. The van der Waals surface area contributed by atoms with E-state index < -0.39 is 0 Å². The van der Waals surface area contributed by atoms with E-state index in [0.29, 0.717) is 11.7 Å². The average Bonchev–Trinajstić information content (AvgIpc) is 3.16. The molecule has 0 spiro atoms. The SMILES string of the molecule is COc1ccc(-c2csc(CN3CCc4nc(SC)[nH]c(=O)c4C3)n2)cc1. The number of fused-ring (bicyclic) bond motifs is 1.